The van der Waals surface area contributed by atoms with Gasteiger partial charge in [-0.05, 0) is 17.8 Å². The molecule has 2 rings (SSSR count). The number of carboxylic acids is 1. The Morgan fingerprint density at radius 1 is 1.47 bits per heavy atom. The van der Waals surface area contributed by atoms with E-state index in [-0.39, 0.29) is 17.6 Å². The van der Waals surface area contributed by atoms with E-state index in [0.29, 0.717) is 13.1 Å². The minimum atomic E-state index is -0.781. The second-order valence-electron chi connectivity index (χ2n) is 4.71. The normalized spacial score (nSPS) is 22.5. The summed E-state index contributed by atoms with van der Waals surface area (Å²) in [5, 5.41) is 9.64. The molecule has 5 heteroatoms. The Morgan fingerprint density at radius 2 is 2.21 bits per heavy atom. The molecule has 0 spiro atoms. The van der Waals surface area contributed by atoms with Gasteiger partial charge in [-0.25, -0.2) is 0 Å². The largest absolute Gasteiger partial charge is 0.481 e. The van der Waals surface area contributed by atoms with Gasteiger partial charge >= 0.3 is 5.97 Å². The number of halogens is 1. The maximum atomic E-state index is 10.8. The lowest BCUT2D eigenvalue weighted by Gasteiger charge is -2.32. The summed E-state index contributed by atoms with van der Waals surface area (Å²) < 4.78 is 0. The highest BCUT2D eigenvalue weighted by Crippen LogP contribution is 2.25. The Kier molecular flexibility index (Phi) is 4.77. The monoisotopic (exact) mass is 297 g/mol. The highest BCUT2D eigenvalue weighted by atomic mass is 35.5. The van der Waals surface area contributed by atoms with Crippen molar-refractivity contribution >= 4 is 30.2 Å². The van der Waals surface area contributed by atoms with Crippen molar-refractivity contribution < 1.29 is 9.90 Å². The standard InChI is InChI=1S/C14H16ClNO2S/c15-12-4-2-1-3-10(12)8-16-6-5-13(19)11(9-16)7-14(17)18/h1-6,11,13,19H,7-9H2,(H,17,18). The Bertz CT molecular complexity index is 492. The van der Waals surface area contributed by atoms with Gasteiger partial charge in [0.05, 0.1) is 6.42 Å². The zero-order valence-corrected chi connectivity index (χ0v) is 12.0. The minimum Gasteiger partial charge on any atom is -0.481 e. The molecule has 0 aliphatic carbocycles. The molecular formula is C14H16ClNO2S. The lowest BCUT2D eigenvalue weighted by atomic mass is 9.97. The number of hydrogen-bond acceptors (Lipinski definition) is 3. The first-order chi connectivity index (χ1) is 9.06. The Morgan fingerprint density at radius 3 is 2.89 bits per heavy atom. The SMILES string of the molecule is O=C(O)CC1CN(Cc2ccccc2Cl)C=CC1S. The van der Waals surface area contributed by atoms with Crippen LogP contribution in [-0.2, 0) is 11.3 Å². The number of aliphatic carboxylic acids is 1. The van der Waals surface area contributed by atoms with Crippen molar-refractivity contribution in [1.29, 1.82) is 0 Å². The lowest BCUT2D eigenvalue weighted by molar-refractivity contribution is -0.138. The van der Waals surface area contributed by atoms with Crippen molar-refractivity contribution in [3.05, 3.63) is 47.1 Å². The summed E-state index contributed by atoms with van der Waals surface area (Å²) in [5.74, 6) is -0.759. The van der Waals surface area contributed by atoms with Gasteiger partial charge in [0, 0.05) is 29.3 Å². The van der Waals surface area contributed by atoms with E-state index >= 15 is 0 Å². The second kappa shape index (κ2) is 6.35. The molecule has 0 aromatic heterocycles. The molecule has 0 saturated heterocycles. The molecule has 0 radical (unpaired) electrons. The van der Waals surface area contributed by atoms with Gasteiger partial charge in [-0.3, -0.25) is 4.79 Å². The summed E-state index contributed by atoms with van der Waals surface area (Å²) >= 11 is 10.5. The fourth-order valence-electron chi connectivity index (χ4n) is 2.21. The average molecular weight is 298 g/mol. The highest BCUT2D eigenvalue weighted by molar-refractivity contribution is 7.81. The summed E-state index contributed by atoms with van der Waals surface area (Å²) in [6.45, 7) is 1.37. The summed E-state index contributed by atoms with van der Waals surface area (Å²) in [6, 6.07) is 7.69. The van der Waals surface area contributed by atoms with Crippen molar-refractivity contribution in [2.45, 2.75) is 18.2 Å². The summed E-state index contributed by atoms with van der Waals surface area (Å²) in [4.78, 5) is 12.9. The van der Waals surface area contributed by atoms with E-state index in [1.807, 2.05) is 36.5 Å². The third-order valence-electron chi connectivity index (χ3n) is 3.21. The molecule has 1 heterocycles. The van der Waals surface area contributed by atoms with Crippen LogP contribution in [0.15, 0.2) is 36.5 Å². The van der Waals surface area contributed by atoms with Crippen LogP contribution < -0.4 is 0 Å². The molecule has 3 nitrogen and oxygen atoms in total. The Hall–Kier alpha value is -1.13. The van der Waals surface area contributed by atoms with Gasteiger partial charge in [-0.1, -0.05) is 35.9 Å². The van der Waals surface area contributed by atoms with Gasteiger partial charge in [0.25, 0.3) is 0 Å². The van der Waals surface area contributed by atoms with Crippen LogP contribution in [-0.4, -0.2) is 27.8 Å². The molecule has 19 heavy (non-hydrogen) atoms. The number of nitrogens with zero attached hydrogens (tertiary/aromatic N) is 1. The van der Waals surface area contributed by atoms with Crippen LogP contribution >= 0.6 is 24.2 Å². The van der Waals surface area contributed by atoms with Gasteiger partial charge < -0.3 is 10.0 Å². The third-order valence-corrected chi connectivity index (χ3v) is 4.18. The summed E-state index contributed by atoms with van der Waals surface area (Å²) in [5.41, 5.74) is 1.04. The number of benzene rings is 1. The van der Waals surface area contributed by atoms with Crippen LogP contribution in [0.5, 0.6) is 0 Å². The second-order valence-corrected chi connectivity index (χ2v) is 5.71. The zero-order valence-electron chi connectivity index (χ0n) is 10.4. The van der Waals surface area contributed by atoms with Crippen LogP contribution in [0.1, 0.15) is 12.0 Å². The maximum Gasteiger partial charge on any atom is 0.303 e. The predicted octanol–water partition coefficient (Wildman–Crippen LogP) is 3.06. The smallest absolute Gasteiger partial charge is 0.303 e. The molecule has 0 amide bonds. The number of hydrogen-bond donors (Lipinski definition) is 2. The quantitative estimate of drug-likeness (QED) is 0.839. The first kappa shape index (κ1) is 14.3. The van der Waals surface area contributed by atoms with E-state index in [1.54, 1.807) is 0 Å². The van der Waals surface area contributed by atoms with Crippen LogP contribution in [0.4, 0.5) is 0 Å². The first-order valence-corrected chi connectivity index (χ1v) is 7.01. The first-order valence-electron chi connectivity index (χ1n) is 6.12. The van der Waals surface area contributed by atoms with Gasteiger partial charge in [0.1, 0.15) is 0 Å². The summed E-state index contributed by atoms with van der Waals surface area (Å²) in [7, 11) is 0. The molecule has 1 aromatic carbocycles. The van der Waals surface area contributed by atoms with Gasteiger partial charge in [-0.2, -0.15) is 12.6 Å². The van der Waals surface area contributed by atoms with Gasteiger partial charge in [0.15, 0.2) is 0 Å². The molecule has 2 atom stereocenters. The van der Waals surface area contributed by atoms with E-state index in [0.717, 1.165) is 10.6 Å². The van der Waals surface area contributed by atoms with Crippen molar-refractivity contribution in [3.63, 3.8) is 0 Å². The van der Waals surface area contributed by atoms with E-state index in [2.05, 4.69) is 17.5 Å². The van der Waals surface area contributed by atoms with Crippen LogP contribution in [0.3, 0.4) is 0 Å². The molecule has 102 valence electrons. The number of carbonyl (C=O) groups is 1. The van der Waals surface area contributed by atoms with E-state index < -0.39 is 5.97 Å². The highest BCUT2D eigenvalue weighted by Gasteiger charge is 2.25. The molecule has 1 aliphatic heterocycles. The van der Waals surface area contributed by atoms with Crippen molar-refractivity contribution in [3.8, 4) is 0 Å². The van der Waals surface area contributed by atoms with E-state index in [9.17, 15) is 4.79 Å². The van der Waals surface area contributed by atoms with Gasteiger partial charge in [0.2, 0.25) is 0 Å². The molecule has 0 saturated carbocycles. The fraction of sp³-hybridized carbons (Fsp3) is 0.357. The average Bonchev–Trinajstić information content (AvgIpc) is 2.35. The lowest BCUT2D eigenvalue weighted by Crippen LogP contribution is -2.34. The minimum absolute atomic E-state index is 0.00130. The molecular weight excluding hydrogens is 282 g/mol. The van der Waals surface area contributed by atoms with Crippen LogP contribution in [0.25, 0.3) is 0 Å². The zero-order chi connectivity index (χ0) is 13.8. The predicted molar refractivity (Wildman–Crippen MR) is 79.5 cm³/mol. The topological polar surface area (TPSA) is 40.5 Å². The molecule has 1 aromatic rings. The molecule has 0 bridgehead atoms. The molecule has 1 N–H and O–H groups in total. The van der Waals surface area contributed by atoms with E-state index in [1.165, 1.54) is 0 Å². The van der Waals surface area contributed by atoms with Crippen LogP contribution in [0.2, 0.25) is 5.02 Å². The Labute approximate surface area is 123 Å². The van der Waals surface area contributed by atoms with Crippen molar-refractivity contribution in [2.24, 2.45) is 5.92 Å². The van der Waals surface area contributed by atoms with Crippen molar-refractivity contribution in [2.75, 3.05) is 6.54 Å². The third kappa shape index (κ3) is 3.91. The Balaban J connectivity index is 2.04. The molecule has 0 fully saturated rings. The van der Waals surface area contributed by atoms with Gasteiger partial charge in [-0.15, -0.1) is 0 Å². The van der Waals surface area contributed by atoms with E-state index in [4.69, 9.17) is 16.7 Å². The number of thiol groups is 1. The fourth-order valence-corrected chi connectivity index (χ4v) is 2.68. The molecule has 2 unspecified atom stereocenters. The maximum absolute atomic E-state index is 10.8. The molecule has 1 aliphatic rings. The van der Waals surface area contributed by atoms with Crippen LogP contribution in [0, 0.1) is 5.92 Å². The number of carboxylic acid groups (broad SMARTS) is 1. The van der Waals surface area contributed by atoms with Crippen molar-refractivity contribution in [1.82, 2.24) is 4.90 Å². The summed E-state index contributed by atoms with van der Waals surface area (Å²) in [6.07, 6.45) is 4.05. The number of rotatable bonds is 4.